The molecule has 132 valence electrons. The number of amides is 1. The number of para-hydroxylation sites is 1. The monoisotopic (exact) mass is 372 g/mol. The minimum Gasteiger partial charge on any atom is -0.322 e. The van der Waals surface area contributed by atoms with E-state index in [-0.39, 0.29) is 11.7 Å². The molecule has 0 aliphatic heterocycles. The van der Waals surface area contributed by atoms with Gasteiger partial charge in [0.05, 0.1) is 21.7 Å². The van der Waals surface area contributed by atoms with Crippen molar-refractivity contribution in [1.29, 1.82) is 0 Å². The van der Waals surface area contributed by atoms with E-state index >= 15 is 0 Å². The Bertz CT molecular complexity index is 1150. The first-order chi connectivity index (χ1) is 13.1. The van der Waals surface area contributed by atoms with Gasteiger partial charge < -0.3 is 5.32 Å². The SMILES string of the molecule is CC(=O)c1cccc(NC(=O)c2cc(-c3cccs3)nc3ccccc23)c1. The highest BCUT2D eigenvalue weighted by atomic mass is 32.1. The highest BCUT2D eigenvalue weighted by Gasteiger charge is 2.15. The summed E-state index contributed by atoms with van der Waals surface area (Å²) in [6.07, 6.45) is 0. The van der Waals surface area contributed by atoms with Crippen LogP contribution in [0.5, 0.6) is 0 Å². The Morgan fingerprint density at radius 2 is 1.81 bits per heavy atom. The molecule has 4 aromatic rings. The Hall–Kier alpha value is -3.31. The van der Waals surface area contributed by atoms with Gasteiger partial charge in [-0.2, -0.15) is 0 Å². The minimum absolute atomic E-state index is 0.0413. The van der Waals surface area contributed by atoms with Crippen LogP contribution in [-0.2, 0) is 0 Å². The van der Waals surface area contributed by atoms with Crippen LogP contribution < -0.4 is 5.32 Å². The van der Waals surface area contributed by atoms with Gasteiger partial charge in [-0.3, -0.25) is 9.59 Å². The second-order valence-corrected chi connectivity index (χ2v) is 7.09. The van der Waals surface area contributed by atoms with Crippen molar-refractivity contribution < 1.29 is 9.59 Å². The van der Waals surface area contributed by atoms with Crippen LogP contribution in [0.4, 0.5) is 5.69 Å². The molecule has 0 bridgehead atoms. The van der Waals surface area contributed by atoms with Crippen molar-refractivity contribution in [1.82, 2.24) is 4.98 Å². The first-order valence-corrected chi connectivity index (χ1v) is 9.36. The number of ketones is 1. The third-order valence-corrected chi connectivity index (χ3v) is 5.15. The van der Waals surface area contributed by atoms with E-state index in [1.807, 2.05) is 47.8 Å². The summed E-state index contributed by atoms with van der Waals surface area (Å²) in [5.74, 6) is -0.271. The number of hydrogen-bond acceptors (Lipinski definition) is 4. The molecule has 1 amide bonds. The number of fused-ring (bicyclic) bond motifs is 1. The lowest BCUT2D eigenvalue weighted by Gasteiger charge is -2.10. The summed E-state index contributed by atoms with van der Waals surface area (Å²) in [5.41, 5.74) is 3.24. The van der Waals surface area contributed by atoms with E-state index in [0.717, 1.165) is 21.5 Å². The number of anilines is 1. The van der Waals surface area contributed by atoms with Gasteiger partial charge in [-0.15, -0.1) is 11.3 Å². The summed E-state index contributed by atoms with van der Waals surface area (Å²) in [7, 11) is 0. The predicted octanol–water partition coefficient (Wildman–Crippen LogP) is 5.42. The number of carbonyl (C=O) groups is 2. The average Bonchev–Trinajstić information content (AvgIpc) is 3.22. The molecule has 0 spiro atoms. The Morgan fingerprint density at radius 1 is 0.963 bits per heavy atom. The Kier molecular flexibility index (Phi) is 4.52. The summed E-state index contributed by atoms with van der Waals surface area (Å²) in [6.45, 7) is 1.50. The third-order valence-electron chi connectivity index (χ3n) is 4.26. The summed E-state index contributed by atoms with van der Waals surface area (Å²) in [4.78, 5) is 30.3. The van der Waals surface area contributed by atoms with Crippen LogP contribution in [0.3, 0.4) is 0 Å². The van der Waals surface area contributed by atoms with Crippen LogP contribution in [0, 0.1) is 0 Å². The van der Waals surface area contributed by atoms with E-state index in [0.29, 0.717) is 16.8 Å². The van der Waals surface area contributed by atoms with Crippen molar-refractivity contribution in [2.45, 2.75) is 6.92 Å². The zero-order valence-electron chi connectivity index (χ0n) is 14.6. The second kappa shape index (κ2) is 7.13. The topological polar surface area (TPSA) is 59.1 Å². The highest BCUT2D eigenvalue weighted by Crippen LogP contribution is 2.28. The molecular formula is C22H16N2O2S. The first-order valence-electron chi connectivity index (χ1n) is 8.48. The molecule has 4 rings (SSSR count). The fourth-order valence-corrected chi connectivity index (χ4v) is 3.61. The van der Waals surface area contributed by atoms with Crippen LogP contribution in [0.25, 0.3) is 21.5 Å². The smallest absolute Gasteiger partial charge is 0.256 e. The molecule has 1 N–H and O–H groups in total. The Labute approximate surface area is 160 Å². The van der Waals surface area contributed by atoms with Crippen LogP contribution >= 0.6 is 11.3 Å². The molecule has 0 saturated carbocycles. The van der Waals surface area contributed by atoms with Crippen molar-refractivity contribution in [2.75, 3.05) is 5.32 Å². The molecule has 27 heavy (non-hydrogen) atoms. The lowest BCUT2D eigenvalue weighted by atomic mass is 10.1. The number of benzene rings is 2. The molecular weight excluding hydrogens is 356 g/mol. The molecule has 0 unspecified atom stereocenters. The molecule has 4 nitrogen and oxygen atoms in total. The maximum atomic E-state index is 13.0. The van der Waals surface area contributed by atoms with Crippen molar-refractivity contribution in [3.05, 3.63) is 83.2 Å². The summed E-state index contributed by atoms with van der Waals surface area (Å²) in [5, 5.41) is 5.68. The number of carbonyl (C=O) groups excluding carboxylic acids is 2. The molecule has 0 radical (unpaired) electrons. The van der Waals surface area contributed by atoms with Gasteiger partial charge >= 0.3 is 0 Å². The fourth-order valence-electron chi connectivity index (χ4n) is 2.93. The van der Waals surface area contributed by atoms with Crippen molar-refractivity contribution in [3.63, 3.8) is 0 Å². The fraction of sp³-hybridized carbons (Fsp3) is 0.0455. The number of nitrogens with zero attached hydrogens (tertiary/aromatic N) is 1. The number of Topliss-reactive ketones (excluding diaryl/α,β-unsaturated/α-hetero) is 1. The molecule has 2 heterocycles. The second-order valence-electron chi connectivity index (χ2n) is 6.14. The number of hydrogen-bond donors (Lipinski definition) is 1. The van der Waals surface area contributed by atoms with Crippen molar-refractivity contribution in [3.8, 4) is 10.6 Å². The van der Waals surface area contributed by atoms with E-state index in [2.05, 4.69) is 5.32 Å². The molecule has 0 saturated heterocycles. The lowest BCUT2D eigenvalue weighted by molar-refractivity contribution is 0.101. The zero-order chi connectivity index (χ0) is 18.8. The average molecular weight is 372 g/mol. The number of thiophene rings is 1. The maximum absolute atomic E-state index is 13.0. The highest BCUT2D eigenvalue weighted by molar-refractivity contribution is 7.13. The van der Waals surface area contributed by atoms with Crippen LogP contribution in [0.2, 0.25) is 0 Å². The summed E-state index contributed by atoms with van der Waals surface area (Å²) in [6, 6.07) is 20.3. The predicted molar refractivity (Wildman–Crippen MR) is 109 cm³/mol. The first kappa shape index (κ1) is 17.1. The molecule has 0 fully saturated rings. The van der Waals surface area contributed by atoms with E-state index in [1.165, 1.54) is 6.92 Å². The van der Waals surface area contributed by atoms with Gasteiger partial charge in [-0.05, 0) is 42.6 Å². The molecule has 2 aromatic heterocycles. The summed E-state index contributed by atoms with van der Waals surface area (Å²) < 4.78 is 0. The van der Waals surface area contributed by atoms with E-state index in [4.69, 9.17) is 4.98 Å². The third kappa shape index (κ3) is 3.50. The van der Waals surface area contributed by atoms with Gasteiger partial charge in [0.25, 0.3) is 5.91 Å². The normalized spacial score (nSPS) is 10.7. The summed E-state index contributed by atoms with van der Waals surface area (Å²) >= 11 is 1.58. The lowest BCUT2D eigenvalue weighted by Crippen LogP contribution is -2.13. The van der Waals surface area contributed by atoms with Gasteiger partial charge in [0.2, 0.25) is 0 Å². The van der Waals surface area contributed by atoms with Crippen LogP contribution in [0.1, 0.15) is 27.6 Å². The van der Waals surface area contributed by atoms with Crippen LogP contribution in [0.15, 0.2) is 72.1 Å². The quantitative estimate of drug-likeness (QED) is 0.487. The van der Waals surface area contributed by atoms with Gasteiger partial charge in [-0.1, -0.05) is 36.4 Å². The molecule has 5 heteroatoms. The molecule has 2 aromatic carbocycles. The molecule has 0 aliphatic carbocycles. The van der Waals surface area contributed by atoms with Crippen molar-refractivity contribution in [2.24, 2.45) is 0 Å². The molecule has 0 aliphatic rings. The van der Waals surface area contributed by atoms with Crippen molar-refractivity contribution >= 4 is 39.6 Å². The zero-order valence-corrected chi connectivity index (χ0v) is 15.4. The number of nitrogens with one attached hydrogen (secondary N) is 1. The number of aromatic nitrogens is 1. The van der Waals surface area contributed by atoms with E-state index in [1.54, 1.807) is 35.6 Å². The van der Waals surface area contributed by atoms with Gasteiger partial charge in [0.1, 0.15) is 0 Å². The largest absolute Gasteiger partial charge is 0.322 e. The number of pyridine rings is 1. The molecule has 0 atom stereocenters. The minimum atomic E-state index is -0.230. The van der Waals surface area contributed by atoms with Crippen LogP contribution in [-0.4, -0.2) is 16.7 Å². The van der Waals surface area contributed by atoms with Gasteiger partial charge in [0, 0.05) is 16.6 Å². The van der Waals surface area contributed by atoms with E-state index in [9.17, 15) is 9.59 Å². The van der Waals surface area contributed by atoms with Gasteiger partial charge in [-0.25, -0.2) is 4.98 Å². The van der Waals surface area contributed by atoms with Gasteiger partial charge in [0.15, 0.2) is 5.78 Å². The Balaban J connectivity index is 1.77. The Morgan fingerprint density at radius 3 is 2.59 bits per heavy atom. The maximum Gasteiger partial charge on any atom is 0.256 e. The number of rotatable bonds is 4. The van der Waals surface area contributed by atoms with E-state index < -0.39 is 0 Å². The standard InChI is InChI=1S/C22H16N2O2S/c1-14(25)15-6-4-7-16(12-15)23-22(26)18-13-20(21-10-5-11-27-21)24-19-9-3-2-8-17(18)19/h2-13H,1H3,(H,23,26).